The van der Waals surface area contributed by atoms with Gasteiger partial charge in [-0.1, -0.05) is 6.42 Å². The second kappa shape index (κ2) is 2.01. The fourth-order valence-electron chi connectivity index (χ4n) is 4.02. The van der Waals surface area contributed by atoms with E-state index in [1.807, 2.05) is 0 Å². The molecule has 3 fully saturated rings. The maximum absolute atomic E-state index is 9.67. The Morgan fingerprint density at radius 1 is 0.818 bits per heavy atom. The molecule has 0 aliphatic heterocycles. The van der Waals surface area contributed by atoms with E-state index in [4.69, 9.17) is 0 Å². The van der Waals surface area contributed by atoms with Gasteiger partial charge in [-0.25, -0.2) is 0 Å². The summed E-state index contributed by atoms with van der Waals surface area (Å²) in [6.45, 7) is 0. The molecule has 1 heteroatoms. The molecule has 0 aromatic heterocycles. The quantitative estimate of drug-likeness (QED) is 0.561. The van der Waals surface area contributed by atoms with Gasteiger partial charge in [0.2, 0.25) is 0 Å². The lowest BCUT2D eigenvalue weighted by atomic mass is 9.59. The molecule has 0 aromatic carbocycles. The third-order valence-corrected chi connectivity index (χ3v) is 4.40. The highest BCUT2D eigenvalue weighted by Crippen LogP contribution is 2.61. The Kier molecular flexibility index (Phi) is 1.18. The van der Waals surface area contributed by atoms with Gasteiger partial charge in [-0.05, 0) is 49.4 Å². The fraction of sp³-hybridized carbons (Fsp3) is 1.00. The number of hydrogen-bond acceptors (Lipinski definition) is 1. The van der Waals surface area contributed by atoms with Gasteiger partial charge < -0.3 is 5.11 Å². The summed E-state index contributed by atoms with van der Waals surface area (Å²) in [5.41, 5.74) is 0. The Labute approximate surface area is 67.8 Å². The molecule has 0 bridgehead atoms. The van der Waals surface area contributed by atoms with E-state index in [9.17, 15) is 5.11 Å². The second-order valence-corrected chi connectivity index (χ2v) is 4.64. The monoisotopic (exact) mass is 152 g/mol. The lowest BCUT2D eigenvalue weighted by molar-refractivity contribution is -0.0358. The molecule has 3 saturated carbocycles. The van der Waals surface area contributed by atoms with Gasteiger partial charge in [0.15, 0.2) is 0 Å². The number of hydrogen-bond donors (Lipinski definition) is 1. The summed E-state index contributed by atoms with van der Waals surface area (Å²) < 4.78 is 0. The van der Waals surface area contributed by atoms with Crippen molar-refractivity contribution in [1.82, 2.24) is 0 Å². The maximum atomic E-state index is 9.67. The van der Waals surface area contributed by atoms with Crippen molar-refractivity contribution in [3.05, 3.63) is 0 Å². The normalized spacial score (nSPS) is 60.3. The highest BCUT2D eigenvalue weighted by atomic mass is 16.3. The van der Waals surface area contributed by atoms with Gasteiger partial charge in [0.25, 0.3) is 0 Å². The van der Waals surface area contributed by atoms with Crippen LogP contribution in [0.5, 0.6) is 0 Å². The van der Waals surface area contributed by atoms with Gasteiger partial charge in [0, 0.05) is 0 Å². The Hall–Kier alpha value is -0.0400. The van der Waals surface area contributed by atoms with Crippen LogP contribution in [0.1, 0.15) is 32.1 Å². The zero-order chi connectivity index (χ0) is 7.42. The van der Waals surface area contributed by atoms with E-state index in [2.05, 4.69) is 0 Å². The largest absolute Gasteiger partial charge is 0.393 e. The van der Waals surface area contributed by atoms with Crippen LogP contribution in [0.3, 0.4) is 0 Å². The lowest BCUT2D eigenvalue weighted by Crippen LogP contribution is -2.44. The van der Waals surface area contributed by atoms with Crippen LogP contribution < -0.4 is 0 Å². The minimum Gasteiger partial charge on any atom is -0.393 e. The average molecular weight is 152 g/mol. The number of aliphatic hydroxyl groups is 1. The van der Waals surface area contributed by atoms with Gasteiger partial charge in [-0.2, -0.15) is 0 Å². The minimum absolute atomic E-state index is 0.0827. The predicted octanol–water partition coefficient (Wildman–Crippen LogP) is 1.80. The van der Waals surface area contributed by atoms with Crippen molar-refractivity contribution in [2.24, 2.45) is 23.7 Å². The van der Waals surface area contributed by atoms with E-state index >= 15 is 0 Å². The molecule has 5 atom stereocenters. The molecular formula is C10H16O. The highest BCUT2D eigenvalue weighted by Gasteiger charge is 2.57. The molecule has 3 rings (SSSR count). The predicted molar refractivity (Wildman–Crippen MR) is 43.1 cm³/mol. The Morgan fingerprint density at radius 2 is 1.55 bits per heavy atom. The number of fused-ring (bicyclic) bond motifs is 4. The molecule has 0 unspecified atom stereocenters. The molecule has 3 aliphatic rings. The van der Waals surface area contributed by atoms with E-state index in [1.54, 1.807) is 0 Å². The topological polar surface area (TPSA) is 20.2 Å². The van der Waals surface area contributed by atoms with Crippen molar-refractivity contribution >= 4 is 0 Å². The van der Waals surface area contributed by atoms with Gasteiger partial charge in [-0.3, -0.25) is 0 Å². The van der Waals surface area contributed by atoms with E-state index in [1.165, 1.54) is 25.7 Å². The van der Waals surface area contributed by atoms with Crippen LogP contribution in [-0.2, 0) is 0 Å². The molecule has 0 saturated heterocycles. The van der Waals surface area contributed by atoms with Crippen LogP contribution in [0, 0.1) is 23.7 Å². The minimum atomic E-state index is 0.0827. The molecule has 62 valence electrons. The Morgan fingerprint density at radius 3 is 2.45 bits per heavy atom. The summed E-state index contributed by atoms with van der Waals surface area (Å²) >= 11 is 0. The molecular weight excluding hydrogens is 136 g/mol. The summed E-state index contributed by atoms with van der Waals surface area (Å²) in [6.07, 6.45) is 6.84. The molecule has 0 aromatic rings. The van der Waals surface area contributed by atoms with Crippen molar-refractivity contribution in [3.8, 4) is 0 Å². The molecule has 3 aliphatic carbocycles. The second-order valence-electron chi connectivity index (χ2n) is 4.64. The molecule has 0 amide bonds. The zero-order valence-corrected chi connectivity index (χ0v) is 6.87. The maximum Gasteiger partial charge on any atom is 0.0574 e. The van der Waals surface area contributed by atoms with Crippen molar-refractivity contribution in [1.29, 1.82) is 0 Å². The summed E-state index contributed by atoms with van der Waals surface area (Å²) in [6, 6.07) is 0. The fourth-order valence-corrected chi connectivity index (χ4v) is 4.02. The molecule has 11 heavy (non-hydrogen) atoms. The van der Waals surface area contributed by atoms with Crippen molar-refractivity contribution < 1.29 is 5.11 Å². The van der Waals surface area contributed by atoms with Crippen LogP contribution in [-0.4, -0.2) is 11.2 Å². The van der Waals surface area contributed by atoms with E-state index in [0.29, 0.717) is 0 Å². The first kappa shape index (κ1) is 6.47. The average Bonchev–Trinajstić information content (AvgIpc) is 2.43. The van der Waals surface area contributed by atoms with Crippen LogP contribution in [0.15, 0.2) is 0 Å². The van der Waals surface area contributed by atoms with Crippen LogP contribution in [0.4, 0.5) is 0 Å². The summed E-state index contributed by atoms with van der Waals surface area (Å²) in [5, 5.41) is 9.67. The van der Waals surface area contributed by atoms with Crippen molar-refractivity contribution in [2.75, 3.05) is 0 Å². The molecule has 0 spiro atoms. The van der Waals surface area contributed by atoms with E-state index in [0.717, 1.165) is 30.1 Å². The molecule has 0 heterocycles. The van der Waals surface area contributed by atoms with Gasteiger partial charge in [0.05, 0.1) is 6.10 Å². The Bertz CT molecular complexity index is 172. The van der Waals surface area contributed by atoms with E-state index in [-0.39, 0.29) is 6.10 Å². The van der Waals surface area contributed by atoms with Gasteiger partial charge >= 0.3 is 0 Å². The summed E-state index contributed by atoms with van der Waals surface area (Å²) in [5.74, 6) is 3.66. The Balaban J connectivity index is 1.84. The first-order valence-corrected chi connectivity index (χ1v) is 5.06. The van der Waals surface area contributed by atoms with Gasteiger partial charge in [-0.15, -0.1) is 0 Å². The lowest BCUT2D eigenvalue weighted by Gasteiger charge is -2.46. The molecule has 0 radical (unpaired) electrons. The standard InChI is InChI=1S/C10H16O/c11-9-5-4-8-6-2-1-3-7(6)10(8)9/h6-11H,1-5H2/t6-,7-,8-,9-,10-/m1/s1. The van der Waals surface area contributed by atoms with Gasteiger partial charge in [0.1, 0.15) is 0 Å². The highest BCUT2D eigenvalue weighted by molar-refractivity contribution is 5.06. The first-order valence-electron chi connectivity index (χ1n) is 5.06. The summed E-state index contributed by atoms with van der Waals surface area (Å²) in [7, 11) is 0. The van der Waals surface area contributed by atoms with Crippen LogP contribution in [0.25, 0.3) is 0 Å². The van der Waals surface area contributed by atoms with Crippen LogP contribution in [0.2, 0.25) is 0 Å². The number of rotatable bonds is 0. The molecule has 1 nitrogen and oxygen atoms in total. The number of aliphatic hydroxyl groups excluding tert-OH is 1. The van der Waals surface area contributed by atoms with Crippen LogP contribution >= 0.6 is 0 Å². The van der Waals surface area contributed by atoms with Crippen molar-refractivity contribution in [2.45, 2.75) is 38.2 Å². The summed E-state index contributed by atoms with van der Waals surface area (Å²) in [4.78, 5) is 0. The van der Waals surface area contributed by atoms with Crippen molar-refractivity contribution in [3.63, 3.8) is 0 Å². The first-order chi connectivity index (χ1) is 5.38. The zero-order valence-electron chi connectivity index (χ0n) is 6.87. The van der Waals surface area contributed by atoms with E-state index < -0.39 is 0 Å². The third kappa shape index (κ3) is 0.658. The molecule has 1 N–H and O–H groups in total. The SMILES string of the molecule is O[C@@H]1CC[C@@H]2[C@@H]3CCC[C@H]3[C@H]21. The third-order valence-electron chi connectivity index (χ3n) is 4.40. The smallest absolute Gasteiger partial charge is 0.0574 e.